The lowest BCUT2D eigenvalue weighted by Gasteiger charge is -2.35. The summed E-state index contributed by atoms with van der Waals surface area (Å²) in [7, 11) is 0. The van der Waals surface area contributed by atoms with Gasteiger partial charge in [0, 0.05) is 64.0 Å². The molecule has 8 nitrogen and oxygen atoms in total. The second-order valence-corrected chi connectivity index (χ2v) is 8.31. The van der Waals surface area contributed by atoms with E-state index in [0.29, 0.717) is 36.7 Å². The van der Waals surface area contributed by atoms with Crippen molar-refractivity contribution in [1.82, 2.24) is 25.1 Å². The highest BCUT2D eigenvalue weighted by Gasteiger charge is 2.24. The fourth-order valence-corrected chi connectivity index (χ4v) is 4.28. The van der Waals surface area contributed by atoms with Gasteiger partial charge in [0.1, 0.15) is 11.4 Å². The number of aromatic nitrogens is 2. The number of likely N-dealkylation sites (N-methyl/N-ethyl adjacent to an activating group) is 1. The van der Waals surface area contributed by atoms with Crippen molar-refractivity contribution in [2.45, 2.75) is 26.2 Å². The van der Waals surface area contributed by atoms with Crippen LogP contribution >= 0.6 is 0 Å². The summed E-state index contributed by atoms with van der Waals surface area (Å²) < 4.78 is 0. The van der Waals surface area contributed by atoms with Crippen LogP contribution < -0.4 is 10.2 Å². The number of carbonyl (C=O) groups is 2. The van der Waals surface area contributed by atoms with Crippen molar-refractivity contribution in [2.24, 2.45) is 0 Å². The SMILES string of the molecule is CCN1CCN(c2nc(-c3ccccc3)ncc2C(=O)NCCCN2CCCC2=O)CC1. The molecule has 2 saturated heterocycles. The zero-order valence-corrected chi connectivity index (χ0v) is 18.8. The van der Waals surface area contributed by atoms with E-state index in [4.69, 9.17) is 4.98 Å². The highest BCUT2D eigenvalue weighted by atomic mass is 16.2. The lowest BCUT2D eigenvalue weighted by Crippen LogP contribution is -2.47. The Labute approximate surface area is 189 Å². The molecule has 1 aromatic carbocycles. The molecule has 32 heavy (non-hydrogen) atoms. The third-order valence-electron chi connectivity index (χ3n) is 6.23. The van der Waals surface area contributed by atoms with Gasteiger partial charge in [0.2, 0.25) is 5.91 Å². The Morgan fingerprint density at radius 2 is 1.88 bits per heavy atom. The van der Waals surface area contributed by atoms with Gasteiger partial charge in [-0.3, -0.25) is 9.59 Å². The summed E-state index contributed by atoms with van der Waals surface area (Å²) in [6.07, 6.45) is 3.97. The zero-order chi connectivity index (χ0) is 22.3. The third kappa shape index (κ3) is 5.24. The van der Waals surface area contributed by atoms with Crippen LogP contribution in [0.5, 0.6) is 0 Å². The molecule has 0 atom stereocenters. The molecular formula is C24H32N6O2. The van der Waals surface area contributed by atoms with Crippen LogP contribution in [0.2, 0.25) is 0 Å². The minimum Gasteiger partial charge on any atom is -0.353 e. The van der Waals surface area contributed by atoms with Gasteiger partial charge in [-0.05, 0) is 19.4 Å². The number of amides is 2. The molecule has 2 aromatic rings. The summed E-state index contributed by atoms with van der Waals surface area (Å²) in [5.74, 6) is 1.38. The van der Waals surface area contributed by atoms with E-state index in [2.05, 4.69) is 27.0 Å². The van der Waals surface area contributed by atoms with Crippen LogP contribution in [0.15, 0.2) is 36.5 Å². The minimum absolute atomic E-state index is 0.162. The molecule has 0 aliphatic carbocycles. The van der Waals surface area contributed by atoms with Crippen LogP contribution in [0.4, 0.5) is 5.82 Å². The van der Waals surface area contributed by atoms with Gasteiger partial charge in [0.25, 0.3) is 5.91 Å². The first kappa shape index (κ1) is 22.2. The van der Waals surface area contributed by atoms with Crippen LogP contribution in [0.3, 0.4) is 0 Å². The number of likely N-dealkylation sites (tertiary alicyclic amines) is 1. The fourth-order valence-electron chi connectivity index (χ4n) is 4.28. The van der Waals surface area contributed by atoms with E-state index in [1.807, 2.05) is 35.2 Å². The van der Waals surface area contributed by atoms with Crippen molar-refractivity contribution in [1.29, 1.82) is 0 Å². The fraction of sp³-hybridized carbons (Fsp3) is 0.500. The van der Waals surface area contributed by atoms with E-state index in [0.717, 1.165) is 57.7 Å². The molecule has 0 radical (unpaired) electrons. The van der Waals surface area contributed by atoms with Gasteiger partial charge in [0.15, 0.2) is 5.82 Å². The standard InChI is InChI=1S/C24H32N6O2/c1-2-28-14-16-30(17-15-28)23-20(18-26-22(27-23)19-8-4-3-5-9-19)24(32)25-11-7-13-29-12-6-10-21(29)31/h3-5,8-9,18H,2,6-7,10-17H2,1H3,(H,25,32). The maximum Gasteiger partial charge on any atom is 0.256 e. The number of piperazine rings is 1. The first-order chi connectivity index (χ1) is 15.7. The summed E-state index contributed by atoms with van der Waals surface area (Å²) in [4.78, 5) is 40.6. The maximum absolute atomic E-state index is 13.0. The summed E-state index contributed by atoms with van der Waals surface area (Å²) >= 11 is 0. The number of hydrogen-bond donors (Lipinski definition) is 1. The largest absolute Gasteiger partial charge is 0.353 e. The van der Waals surface area contributed by atoms with E-state index in [-0.39, 0.29) is 11.8 Å². The topological polar surface area (TPSA) is 81.7 Å². The molecule has 0 unspecified atom stereocenters. The Bertz CT molecular complexity index is 927. The van der Waals surface area contributed by atoms with Gasteiger partial charge in [-0.2, -0.15) is 0 Å². The molecule has 8 heteroatoms. The van der Waals surface area contributed by atoms with Crippen LogP contribution in [-0.4, -0.2) is 83.9 Å². The number of anilines is 1. The number of rotatable bonds is 8. The number of hydrogen-bond acceptors (Lipinski definition) is 6. The molecule has 2 fully saturated rings. The molecule has 2 aliphatic rings. The summed E-state index contributed by atoms with van der Waals surface area (Å²) in [6.45, 7) is 8.79. The first-order valence-electron chi connectivity index (χ1n) is 11.6. The Hall–Kier alpha value is -3.00. The monoisotopic (exact) mass is 436 g/mol. The van der Waals surface area contributed by atoms with Crippen LogP contribution in [0.25, 0.3) is 11.4 Å². The molecule has 2 aliphatic heterocycles. The Kier molecular flexibility index (Phi) is 7.32. The van der Waals surface area contributed by atoms with Gasteiger partial charge in [-0.15, -0.1) is 0 Å². The van der Waals surface area contributed by atoms with Crippen molar-refractivity contribution < 1.29 is 9.59 Å². The Morgan fingerprint density at radius 3 is 2.56 bits per heavy atom. The summed E-state index contributed by atoms with van der Waals surface area (Å²) in [6, 6.07) is 9.85. The van der Waals surface area contributed by atoms with Gasteiger partial charge in [0.05, 0.1) is 0 Å². The molecule has 1 aromatic heterocycles. The van der Waals surface area contributed by atoms with Gasteiger partial charge >= 0.3 is 0 Å². The van der Waals surface area contributed by atoms with E-state index >= 15 is 0 Å². The molecule has 0 saturated carbocycles. The highest BCUT2D eigenvalue weighted by molar-refractivity contribution is 5.99. The molecular weight excluding hydrogens is 404 g/mol. The molecule has 0 bridgehead atoms. The van der Waals surface area contributed by atoms with E-state index in [9.17, 15) is 9.59 Å². The van der Waals surface area contributed by atoms with E-state index in [1.54, 1.807) is 6.20 Å². The van der Waals surface area contributed by atoms with Crippen molar-refractivity contribution in [3.63, 3.8) is 0 Å². The lowest BCUT2D eigenvalue weighted by atomic mass is 10.2. The van der Waals surface area contributed by atoms with Crippen molar-refractivity contribution in [3.05, 3.63) is 42.1 Å². The van der Waals surface area contributed by atoms with Gasteiger partial charge < -0.3 is 20.0 Å². The number of benzene rings is 1. The zero-order valence-electron chi connectivity index (χ0n) is 18.8. The number of carbonyl (C=O) groups excluding carboxylic acids is 2. The second kappa shape index (κ2) is 10.5. The Morgan fingerprint density at radius 1 is 1.09 bits per heavy atom. The highest BCUT2D eigenvalue weighted by Crippen LogP contribution is 2.23. The van der Waals surface area contributed by atoms with Gasteiger partial charge in [-0.1, -0.05) is 37.3 Å². The maximum atomic E-state index is 13.0. The number of nitrogens with one attached hydrogen (secondary N) is 1. The average Bonchev–Trinajstić information content (AvgIpc) is 3.26. The quantitative estimate of drug-likeness (QED) is 0.638. The van der Waals surface area contributed by atoms with Crippen LogP contribution in [-0.2, 0) is 4.79 Å². The smallest absolute Gasteiger partial charge is 0.256 e. The van der Waals surface area contributed by atoms with E-state index in [1.165, 1.54) is 0 Å². The molecule has 2 amide bonds. The van der Waals surface area contributed by atoms with Crippen LogP contribution in [0.1, 0.15) is 36.5 Å². The Balaban J connectivity index is 1.47. The third-order valence-corrected chi connectivity index (χ3v) is 6.23. The lowest BCUT2D eigenvalue weighted by molar-refractivity contribution is -0.127. The molecule has 4 rings (SSSR count). The van der Waals surface area contributed by atoms with Crippen molar-refractivity contribution in [2.75, 3.05) is 57.3 Å². The molecule has 170 valence electrons. The van der Waals surface area contributed by atoms with E-state index < -0.39 is 0 Å². The predicted octanol–water partition coefficient (Wildman–Crippen LogP) is 2.03. The van der Waals surface area contributed by atoms with Crippen molar-refractivity contribution in [3.8, 4) is 11.4 Å². The molecule has 1 N–H and O–H groups in total. The summed E-state index contributed by atoms with van der Waals surface area (Å²) in [5, 5.41) is 3.00. The average molecular weight is 437 g/mol. The van der Waals surface area contributed by atoms with Crippen molar-refractivity contribution >= 4 is 17.6 Å². The second-order valence-electron chi connectivity index (χ2n) is 8.31. The first-order valence-corrected chi connectivity index (χ1v) is 11.6. The molecule has 0 spiro atoms. The normalized spacial score (nSPS) is 17.1. The molecule has 3 heterocycles. The summed E-state index contributed by atoms with van der Waals surface area (Å²) in [5.41, 5.74) is 1.44. The minimum atomic E-state index is -0.162. The van der Waals surface area contributed by atoms with Crippen LogP contribution in [0, 0.1) is 0 Å². The number of nitrogens with zero attached hydrogens (tertiary/aromatic N) is 5. The van der Waals surface area contributed by atoms with Gasteiger partial charge in [-0.25, -0.2) is 9.97 Å². The predicted molar refractivity (Wildman–Crippen MR) is 125 cm³/mol.